The van der Waals surface area contributed by atoms with Crippen molar-refractivity contribution >= 4 is 0 Å². The molecule has 10 atom stereocenters. The summed E-state index contributed by atoms with van der Waals surface area (Å²) in [6.07, 6.45) is -15.6. The number of rotatable bonds is 4. The Labute approximate surface area is 130 Å². The Morgan fingerprint density at radius 1 is 0.565 bits per heavy atom. The smallest absolute Gasteiger partial charge is 0.189 e. The van der Waals surface area contributed by atoms with E-state index in [4.69, 9.17) is 24.4 Å². The highest BCUT2D eigenvalue weighted by Crippen LogP contribution is 2.27. The van der Waals surface area contributed by atoms with Gasteiger partial charge in [-0.25, -0.2) is 0 Å². The first-order valence-electron chi connectivity index (χ1n) is 7.08. The molecule has 2 heterocycles. The van der Waals surface area contributed by atoms with Gasteiger partial charge in [-0.1, -0.05) is 0 Å². The minimum Gasteiger partial charge on any atom is -0.394 e. The lowest BCUT2D eigenvalue weighted by Gasteiger charge is -2.44. The Morgan fingerprint density at radius 2 is 0.913 bits per heavy atom. The van der Waals surface area contributed by atoms with Gasteiger partial charge in [0.15, 0.2) is 12.6 Å². The summed E-state index contributed by atoms with van der Waals surface area (Å²) in [7, 11) is 0. The van der Waals surface area contributed by atoms with E-state index in [1.165, 1.54) is 0 Å². The van der Waals surface area contributed by atoms with Gasteiger partial charge in [0.05, 0.1) is 13.2 Å². The van der Waals surface area contributed by atoms with Gasteiger partial charge < -0.3 is 55.1 Å². The Kier molecular flexibility index (Phi) is 6.27. The van der Waals surface area contributed by atoms with Crippen LogP contribution in [0.4, 0.5) is 0 Å². The number of aliphatic hydroxyl groups excluding tert-OH is 8. The highest BCUT2D eigenvalue weighted by molar-refractivity contribution is 4.92. The van der Waals surface area contributed by atoms with Crippen molar-refractivity contribution in [1.82, 2.24) is 0 Å². The molecular formula is C12H22O11. The molecule has 0 unspecified atom stereocenters. The fraction of sp³-hybridized carbons (Fsp3) is 1.00. The van der Waals surface area contributed by atoms with Crippen molar-refractivity contribution < 1.29 is 55.1 Å². The summed E-state index contributed by atoms with van der Waals surface area (Å²) >= 11 is 0. The third-order valence-corrected chi connectivity index (χ3v) is 3.97. The second-order valence-corrected chi connectivity index (χ2v) is 5.53. The van der Waals surface area contributed by atoms with Crippen LogP contribution in [0.1, 0.15) is 0 Å². The van der Waals surface area contributed by atoms with E-state index in [0.29, 0.717) is 0 Å². The molecule has 2 rings (SSSR count). The summed E-state index contributed by atoms with van der Waals surface area (Å²) in [5.74, 6) is 0. The summed E-state index contributed by atoms with van der Waals surface area (Å²) in [5.41, 5.74) is 0. The molecule has 2 aliphatic heterocycles. The highest BCUT2D eigenvalue weighted by Gasteiger charge is 2.49. The third-order valence-electron chi connectivity index (χ3n) is 3.97. The molecule has 0 radical (unpaired) electrons. The third kappa shape index (κ3) is 3.65. The second-order valence-electron chi connectivity index (χ2n) is 5.53. The zero-order chi connectivity index (χ0) is 17.3. The lowest BCUT2D eigenvalue weighted by atomic mass is 9.98. The molecule has 2 saturated heterocycles. The molecule has 8 N–H and O–H groups in total. The zero-order valence-corrected chi connectivity index (χ0v) is 12.0. The molecule has 0 amide bonds. The van der Waals surface area contributed by atoms with E-state index in [1.807, 2.05) is 0 Å². The average molecular weight is 342 g/mol. The lowest BCUT2D eigenvalue weighted by Crippen LogP contribution is -2.63. The first-order valence-corrected chi connectivity index (χ1v) is 7.08. The van der Waals surface area contributed by atoms with E-state index < -0.39 is 74.6 Å². The molecule has 2 aliphatic rings. The molecule has 2 fully saturated rings. The van der Waals surface area contributed by atoms with Crippen LogP contribution in [0.2, 0.25) is 0 Å². The first-order chi connectivity index (χ1) is 10.8. The fourth-order valence-corrected chi connectivity index (χ4v) is 2.49. The quantitative estimate of drug-likeness (QED) is 0.243. The Balaban J connectivity index is 2.07. The van der Waals surface area contributed by atoms with Gasteiger partial charge in [-0.15, -0.1) is 0 Å². The maximum atomic E-state index is 9.84. The van der Waals surface area contributed by atoms with Gasteiger partial charge in [-0.05, 0) is 0 Å². The van der Waals surface area contributed by atoms with Crippen molar-refractivity contribution in [2.75, 3.05) is 13.2 Å². The van der Waals surface area contributed by atoms with Crippen LogP contribution in [0.5, 0.6) is 0 Å². The summed E-state index contributed by atoms with van der Waals surface area (Å²) in [4.78, 5) is 0. The Hall–Kier alpha value is -0.440. The van der Waals surface area contributed by atoms with Crippen molar-refractivity contribution in [1.29, 1.82) is 0 Å². The van der Waals surface area contributed by atoms with Crippen molar-refractivity contribution in [2.45, 2.75) is 61.4 Å². The van der Waals surface area contributed by atoms with Crippen molar-refractivity contribution in [3.63, 3.8) is 0 Å². The Morgan fingerprint density at radius 3 is 1.22 bits per heavy atom. The molecule has 0 aliphatic carbocycles. The SMILES string of the molecule is OC[C@H]1O[C@@H](O[C@H]2O[C@H](CO)[C@@H](O)[C@H](O)[C@H]2O)[C@H](O)[C@@H](O)[C@H]1O. The van der Waals surface area contributed by atoms with Crippen LogP contribution < -0.4 is 0 Å². The van der Waals surface area contributed by atoms with E-state index in [1.54, 1.807) is 0 Å². The minimum absolute atomic E-state index is 0.667. The van der Waals surface area contributed by atoms with Gasteiger partial charge in [-0.2, -0.15) is 0 Å². The van der Waals surface area contributed by atoms with Crippen LogP contribution in [0, 0.1) is 0 Å². The van der Waals surface area contributed by atoms with Gasteiger partial charge in [0.1, 0.15) is 48.8 Å². The molecule has 0 aromatic carbocycles. The predicted octanol–water partition coefficient (Wildman–Crippen LogP) is -5.40. The van der Waals surface area contributed by atoms with Crippen LogP contribution in [-0.2, 0) is 14.2 Å². The average Bonchev–Trinajstić information content (AvgIpc) is 2.55. The molecule has 0 saturated carbocycles. The summed E-state index contributed by atoms with van der Waals surface area (Å²) in [5, 5.41) is 76.4. The van der Waals surface area contributed by atoms with E-state index in [-0.39, 0.29) is 0 Å². The first kappa shape index (κ1) is 18.9. The summed E-state index contributed by atoms with van der Waals surface area (Å²) in [6, 6.07) is 0. The summed E-state index contributed by atoms with van der Waals surface area (Å²) in [6.45, 7) is -1.33. The second kappa shape index (κ2) is 7.63. The van der Waals surface area contributed by atoms with Gasteiger partial charge in [0, 0.05) is 0 Å². The molecule has 11 nitrogen and oxygen atoms in total. The molecule has 0 spiro atoms. The Bertz CT molecular complexity index is 344. The number of hydrogen-bond acceptors (Lipinski definition) is 11. The van der Waals surface area contributed by atoms with Crippen molar-refractivity contribution in [2.24, 2.45) is 0 Å². The number of aliphatic hydroxyl groups is 8. The molecule has 0 aromatic heterocycles. The molecule has 11 heteroatoms. The normalized spacial score (nSPS) is 51.7. The topological polar surface area (TPSA) is 190 Å². The van der Waals surface area contributed by atoms with Gasteiger partial charge in [0.2, 0.25) is 0 Å². The molecule has 136 valence electrons. The number of ether oxygens (including phenoxy) is 3. The highest BCUT2D eigenvalue weighted by atomic mass is 16.8. The number of hydrogen-bond donors (Lipinski definition) is 8. The van der Waals surface area contributed by atoms with Gasteiger partial charge >= 0.3 is 0 Å². The standard InChI is InChI=1S/C12H22O11/c13-1-3-5(15)7(17)9(19)11(21-3)23-12-10(20)8(18)6(16)4(2-14)22-12/h3-20H,1-2H2/t3-,4-,5-,6+,7+,8+,9-,10-,11-,12+/m1/s1. The monoisotopic (exact) mass is 342 g/mol. The molecule has 0 bridgehead atoms. The van der Waals surface area contributed by atoms with E-state index in [2.05, 4.69) is 0 Å². The van der Waals surface area contributed by atoms with E-state index in [0.717, 1.165) is 0 Å². The van der Waals surface area contributed by atoms with E-state index in [9.17, 15) is 30.6 Å². The fourth-order valence-electron chi connectivity index (χ4n) is 2.49. The predicted molar refractivity (Wildman–Crippen MR) is 68.6 cm³/mol. The minimum atomic E-state index is -1.72. The molecule has 0 aromatic rings. The van der Waals surface area contributed by atoms with Crippen LogP contribution in [0.15, 0.2) is 0 Å². The zero-order valence-electron chi connectivity index (χ0n) is 12.0. The van der Waals surface area contributed by atoms with Crippen LogP contribution in [-0.4, -0.2) is 115 Å². The largest absolute Gasteiger partial charge is 0.394 e. The van der Waals surface area contributed by atoms with Crippen molar-refractivity contribution in [3.8, 4) is 0 Å². The van der Waals surface area contributed by atoms with E-state index >= 15 is 0 Å². The maximum absolute atomic E-state index is 9.84. The van der Waals surface area contributed by atoms with Crippen LogP contribution in [0.3, 0.4) is 0 Å². The van der Waals surface area contributed by atoms with Crippen LogP contribution in [0.25, 0.3) is 0 Å². The van der Waals surface area contributed by atoms with Crippen LogP contribution >= 0.6 is 0 Å². The lowest BCUT2D eigenvalue weighted by molar-refractivity contribution is -0.376. The van der Waals surface area contributed by atoms with Gasteiger partial charge in [0.25, 0.3) is 0 Å². The molecule has 23 heavy (non-hydrogen) atoms. The molecular weight excluding hydrogens is 320 g/mol. The maximum Gasteiger partial charge on any atom is 0.189 e. The van der Waals surface area contributed by atoms with Gasteiger partial charge in [-0.3, -0.25) is 0 Å². The van der Waals surface area contributed by atoms with Crippen molar-refractivity contribution in [3.05, 3.63) is 0 Å². The summed E-state index contributed by atoms with van der Waals surface area (Å²) < 4.78 is 15.3.